The van der Waals surface area contributed by atoms with E-state index in [2.05, 4.69) is 5.10 Å². The summed E-state index contributed by atoms with van der Waals surface area (Å²) in [5.74, 6) is -0.368. The Hall–Kier alpha value is -1.85. The van der Waals surface area contributed by atoms with Crippen molar-refractivity contribution in [1.29, 1.82) is 0 Å². The van der Waals surface area contributed by atoms with Crippen LogP contribution in [0.2, 0.25) is 0 Å². The Kier molecular flexibility index (Phi) is 3.83. The van der Waals surface area contributed by atoms with Crippen molar-refractivity contribution < 1.29 is 14.7 Å². The predicted octanol–water partition coefficient (Wildman–Crippen LogP) is 2.77. The average Bonchev–Trinajstić information content (AvgIpc) is 2.71. The lowest BCUT2D eigenvalue weighted by molar-refractivity contribution is -0.152. The molecule has 2 atom stereocenters. The highest BCUT2D eigenvalue weighted by atomic mass is 16.4. The van der Waals surface area contributed by atoms with Crippen molar-refractivity contribution in [1.82, 2.24) is 14.7 Å². The van der Waals surface area contributed by atoms with Crippen LogP contribution in [0, 0.1) is 17.8 Å². The summed E-state index contributed by atoms with van der Waals surface area (Å²) in [6.45, 7) is 10.1. The normalized spacial score (nSPS) is 26.4. The lowest BCUT2D eigenvalue weighted by Crippen LogP contribution is -2.58. The average molecular weight is 307 g/mol. The van der Waals surface area contributed by atoms with E-state index in [1.807, 2.05) is 46.3 Å². The van der Waals surface area contributed by atoms with E-state index in [1.165, 1.54) is 0 Å². The highest BCUT2D eigenvalue weighted by Crippen LogP contribution is 2.54. The molecule has 22 heavy (non-hydrogen) atoms. The molecule has 2 rings (SSSR count). The van der Waals surface area contributed by atoms with E-state index in [0.717, 1.165) is 16.2 Å². The summed E-state index contributed by atoms with van der Waals surface area (Å²) < 4.78 is 1.81. The quantitative estimate of drug-likeness (QED) is 0.865. The van der Waals surface area contributed by atoms with Crippen LogP contribution in [0.15, 0.2) is 6.20 Å². The van der Waals surface area contributed by atoms with Crippen LogP contribution in [0.5, 0.6) is 0 Å². The maximum atomic E-state index is 13.0. The minimum Gasteiger partial charge on any atom is -0.465 e. The molecule has 1 aliphatic heterocycles. The van der Waals surface area contributed by atoms with Crippen LogP contribution in [0.1, 0.15) is 51.3 Å². The van der Waals surface area contributed by atoms with Crippen molar-refractivity contribution >= 4 is 12.0 Å². The van der Waals surface area contributed by atoms with Gasteiger partial charge in [-0.2, -0.15) is 5.10 Å². The summed E-state index contributed by atoms with van der Waals surface area (Å²) in [6.07, 6.45) is 1.25. The van der Waals surface area contributed by atoms with Crippen molar-refractivity contribution in [2.75, 3.05) is 6.54 Å². The number of aromatic nitrogens is 2. The Bertz CT molecular complexity index is 595. The largest absolute Gasteiger partial charge is 0.465 e. The van der Waals surface area contributed by atoms with Gasteiger partial charge in [-0.15, -0.1) is 0 Å². The molecule has 6 heteroatoms. The molecule has 122 valence electrons. The number of piperidine rings is 1. The molecule has 2 heterocycles. The summed E-state index contributed by atoms with van der Waals surface area (Å²) in [5.41, 5.74) is 0.886. The third-order valence-electron chi connectivity index (χ3n) is 5.32. The molecule has 6 nitrogen and oxygen atoms in total. The molecule has 0 saturated carbocycles. The van der Waals surface area contributed by atoms with Gasteiger partial charge in [-0.3, -0.25) is 9.48 Å². The topological polar surface area (TPSA) is 75.4 Å². The molecule has 2 amide bonds. The molecule has 1 aromatic heterocycles. The first kappa shape index (κ1) is 16.5. The van der Waals surface area contributed by atoms with Crippen LogP contribution >= 0.6 is 0 Å². The van der Waals surface area contributed by atoms with Gasteiger partial charge in [0.15, 0.2) is 0 Å². The van der Waals surface area contributed by atoms with Gasteiger partial charge in [0.2, 0.25) is 5.91 Å². The van der Waals surface area contributed by atoms with Gasteiger partial charge in [-0.1, -0.05) is 20.8 Å². The zero-order valence-corrected chi connectivity index (χ0v) is 14.2. The lowest BCUT2D eigenvalue weighted by Gasteiger charge is -2.51. The molecular weight excluding hydrogens is 282 g/mol. The third-order valence-corrected chi connectivity index (χ3v) is 5.32. The molecule has 1 aromatic rings. The Balaban J connectivity index is 2.60. The van der Waals surface area contributed by atoms with Gasteiger partial charge in [0, 0.05) is 25.2 Å². The van der Waals surface area contributed by atoms with Gasteiger partial charge in [0.25, 0.3) is 0 Å². The van der Waals surface area contributed by atoms with Crippen LogP contribution in [-0.2, 0) is 11.8 Å². The summed E-state index contributed by atoms with van der Waals surface area (Å²) >= 11 is 0. The first-order valence-electron chi connectivity index (χ1n) is 7.55. The van der Waals surface area contributed by atoms with Crippen LogP contribution in [0.4, 0.5) is 4.79 Å². The number of aryl methyl sites for hydroxylation is 2. The number of carbonyl (C=O) groups excluding carboxylic acids is 1. The molecule has 0 radical (unpaired) electrons. The molecular formula is C16H25N3O3. The fourth-order valence-corrected chi connectivity index (χ4v) is 3.57. The van der Waals surface area contributed by atoms with Crippen molar-refractivity contribution in [2.24, 2.45) is 17.9 Å². The molecule has 0 bridgehead atoms. The van der Waals surface area contributed by atoms with E-state index >= 15 is 0 Å². The Labute approximate surface area is 131 Å². The van der Waals surface area contributed by atoms with E-state index in [1.54, 1.807) is 6.20 Å². The van der Waals surface area contributed by atoms with E-state index < -0.39 is 11.5 Å². The Morgan fingerprint density at radius 3 is 2.45 bits per heavy atom. The fraction of sp³-hybridized carbons (Fsp3) is 0.688. The molecule has 1 fully saturated rings. The molecule has 1 saturated heterocycles. The summed E-state index contributed by atoms with van der Waals surface area (Å²) in [6, 6.07) is 0. The number of carbonyl (C=O) groups is 2. The second kappa shape index (κ2) is 5.11. The maximum absolute atomic E-state index is 13.0. The number of imide groups is 1. The van der Waals surface area contributed by atoms with Crippen LogP contribution in [-0.4, -0.2) is 38.3 Å². The number of rotatable bonds is 1. The van der Waals surface area contributed by atoms with Crippen molar-refractivity contribution in [3.05, 3.63) is 17.5 Å². The second-order valence-electron chi connectivity index (χ2n) is 7.37. The zero-order chi connectivity index (χ0) is 16.9. The second-order valence-corrected chi connectivity index (χ2v) is 7.37. The van der Waals surface area contributed by atoms with E-state index in [4.69, 9.17) is 0 Å². The highest BCUT2D eigenvalue weighted by molar-refractivity contribution is 5.96. The number of nitrogens with zero attached hydrogens (tertiary/aromatic N) is 3. The predicted molar refractivity (Wildman–Crippen MR) is 82.6 cm³/mol. The zero-order valence-electron chi connectivity index (χ0n) is 14.2. The Morgan fingerprint density at radius 1 is 1.45 bits per heavy atom. The SMILES string of the molecule is Cc1cnn(C)c1[C@H]1CCN(C(=O)O)C(=O)[C@@]1(C)C(C)(C)C. The van der Waals surface area contributed by atoms with E-state index in [9.17, 15) is 14.7 Å². The third kappa shape index (κ3) is 2.21. The summed E-state index contributed by atoms with van der Waals surface area (Å²) in [5, 5.41) is 13.6. The van der Waals surface area contributed by atoms with Gasteiger partial charge in [0.1, 0.15) is 0 Å². The number of carboxylic acid groups (broad SMARTS) is 1. The first-order chi connectivity index (χ1) is 10.0. The molecule has 0 aromatic carbocycles. The van der Waals surface area contributed by atoms with Gasteiger partial charge < -0.3 is 5.11 Å². The van der Waals surface area contributed by atoms with E-state index in [-0.39, 0.29) is 23.8 Å². The molecule has 0 spiro atoms. The van der Waals surface area contributed by atoms with E-state index in [0.29, 0.717) is 6.42 Å². The van der Waals surface area contributed by atoms with Gasteiger partial charge in [-0.25, -0.2) is 9.69 Å². The van der Waals surface area contributed by atoms with Crippen LogP contribution in [0.3, 0.4) is 0 Å². The molecule has 1 N–H and O–H groups in total. The lowest BCUT2D eigenvalue weighted by atomic mass is 9.56. The van der Waals surface area contributed by atoms with Crippen LogP contribution in [0.25, 0.3) is 0 Å². The van der Waals surface area contributed by atoms with Gasteiger partial charge >= 0.3 is 6.09 Å². The fourth-order valence-electron chi connectivity index (χ4n) is 3.57. The Morgan fingerprint density at radius 2 is 2.05 bits per heavy atom. The molecule has 0 aliphatic carbocycles. The van der Waals surface area contributed by atoms with Crippen molar-refractivity contribution in [3.8, 4) is 0 Å². The highest BCUT2D eigenvalue weighted by Gasteiger charge is 2.56. The van der Waals surface area contributed by atoms with Crippen molar-refractivity contribution in [3.63, 3.8) is 0 Å². The minimum atomic E-state index is -1.17. The summed E-state index contributed by atoms with van der Waals surface area (Å²) in [4.78, 5) is 25.3. The van der Waals surface area contributed by atoms with Crippen LogP contribution < -0.4 is 0 Å². The first-order valence-corrected chi connectivity index (χ1v) is 7.55. The maximum Gasteiger partial charge on any atom is 0.414 e. The van der Waals surface area contributed by atoms with Gasteiger partial charge in [0.05, 0.1) is 11.6 Å². The number of amides is 2. The standard InChI is InChI=1S/C16H25N3O3/c1-10-9-17-18(6)12(10)11-7-8-19(14(21)22)13(20)16(11,5)15(2,3)4/h9,11H,7-8H2,1-6H3,(H,21,22)/t11-,16+/m1/s1. The smallest absolute Gasteiger partial charge is 0.414 e. The molecule has 1 aliphatic rings. The number of hydrogen-bond acceptors (Lipinski definition) is 3. The number of likely N-dealkylation sites (tertiary alicyclic amines) is 1. The molecule has 0 unspecified atom stereocenters. The summed E-state index contributed by atoms with van der Waals surface area (Å²) in [7, 11) is 1.87. The van der Waals surface area contributed by atoms with Crippen molar-refractivity contribution in [2.45, 2.75) is 47.0 Å². The number of hydrogen-bond donors (Lipinski definition) is 1. The van der Waals surface area contributed by atoms with Gasteiger partial charge in [-0.05, 0) is 31.2 Å². The minimum absolute atomic E-state index is 0.0527. The monoisotopic (exact) mass is 307 g/mol.